The lowest BCUT2D eigenvalue weighted by Gasteiger charge is -2.11. The van der Waals surface area contributed by atoms with Crippen LogP contribution in [0.15, 0.2) is 41.4 Å². The minimum absolute atomic E-state index is 0. The van der Waals surface area contributed by atoms with Gasteiger partial charge in [0.2, 0.25) is 0 Å². The molecule has 1 heterocycles. The Morgan fingerprint density at radius 1 is 1.12 bits per heavy atom. The van der Waals surface area contributed by atoms with Crippen LogP contribution in [0.5, 0.6) is 0 Å². The number of hydrogen-bond acceptors (Lipinski definition) is 4. The smallest absolute Gasteiger partial charge is 0.191 e. The first-order chi connectivity index (χ1) is 12.2. The van der Waals surface area contributed by atoms with Gasteiger partial charge in [-0.1, -0.05) is 12.1 Å². The number of aliphatic imine (C=N–C) groups is 1. The summed E-state index contributed by atoms with van der Waals surface area (Å²) in [5.74, 6) is 0.843. The number of guanidine groups is 1. The van der Waals surface area contributed by atoms with Gasteiger partial charge in [-0.2, -0.15) is 0 Å². The molecule has 5 nitrogen and oxygen atoms in total. The molecule has 2 aromatic rings. The molecule has 0 saturated carbocycles. The second kappa shape index (κ2) is 12.9. The Morgan fingerprint density at radius 3 is 2.50 bits per heavy atom. The van der Waals surface area contributed by atoms with E-state index >= 15 is 0 Å². The van der Waals surface area contributed by atoms with Crippen molar-refractivity contribution >= 4 is 47.0 Å². The van der Waals surface area contributed by atoms with Crippen molar-refractivity contribution in [2.24, 2.45) is 4.99 Å². The topological polar surface area (TPSA) is 57.7 Å². The van der Waals surface area contributed by atoms with Crippen molar-refractivity contribution in [3.8, 4) is 0 Å². The maximum Gasteiger partial charge on any atom is 0.191 e. The summed E-state index contributed by atoms with van der Waals surface area (Å²) in [7, 11) is 1.71. The second-order valence-electron chi connectivity index (χ2n) is 5.68. The largest absolute Gasteiger partial charge is 0.383 e. The number of aryl methyl sites for hydroxylation is 1. The zero-order chi connectivity index (χ0) is 17.9. The Labute approximate surface area is 177 Å². The fraction of sp³-hybridized carbons (Fsp3) is 0.421. The van der Waals surface area contributed by atoms with E-state index in [0.29, 0.717) is 13.2 Å². The Bertz CT molecular complexity index is 658. The van der Waals surface area contributed by atoms with Crippen molar-refractivity contribution in [1.82, 2.24) is 10.6 Å². The molecular formula is C19H29IN4OS. The van der Waals surface area contributed by atoms with Gasteiger partial charge in [-0.25, -0.2) is 4.99 Å². The molecule has 2 rings (SSSR count). The van der Waals surface area contributed by atoms with Crippen LogP contribution in [0.2, 0.25) is 0 Å². The number of thiophene rings is 1. The van der Waals surface area contributed by atoms with E-state index in [-0.39, 0.29) is 24.0 Å². The monoisotopic (exact) mass is 488 g/mol. The molecule has 0 spiro atoms. The normalized spacial score (nSPS) is 11.0. The Balaban J connectivity index is 0.00000338. The molecule has 1 aromatic carbocycles. The van der Waals surface area contributed by atoms with Crippen LogP contribution in [0.3, 0.4) is 0 Å². The van der Waals surface area contributed by atoms with Gasteiger partial charge in [0.15, 0.2) is 5.96 Å². The predicted octanol–water partition coefficient (Wildman–Crippen LogP) is 3.99. The molecule has 0 unspecified atom stereocenters. The third-order valence-corrected chi connectivity index (χ3v) is 4.58. The summed E-state index contributed by atoms with van der Waals surface area (Å²) in [6.07, 6.45) is 0. The third-order valence-electron chi connectivity index (χ3n) is 3.58. The summed E-state index contributed by atoms with van der Waals surface area (Å²) in [5, 5.41) is 10.00. The fourth-order valence-corrected chi connectivity index (χ4v) is 3.12. The van der Waals surface area contributed by atoms with Gasteiger partial charge in [0.25, 0.3) is 0 Å². The van der Waals surface area contributed by atoms with Gasteiger partial charge in [-0.3, -0.25) is 0 Å². The quantitative estimate of drug-likeness (QED) is 0.216. The molecule has 144 valence electrons. The summed E-state index contributed by atoms with van der Waals surface area (Å²) >= 11 is 1.81. The average Bonchev–Trinajstić information content (AvgIpc) is 3.04. The minimum atomic E-state index is 0. The van der Waals surface area contributed by atoms with Gasteiger partial charge >= 0.3 is 0 Å². The number of anilines is 1. The highest BCUT2D eigenvalue weighted by atomic mass is 127. The summed E-state index contributed by atoms with van der Waals surface area (Å²) in [6, 6.07) is 12.7. The first kappa shape index (κ1) is 22.7. The van der Waals surface area contributed by atoms with E-state index in [0.717, 1.165) is 31.3 Å². The van der Waals surface area contributed by atoms with E-state index in [1.54, 1.807) is 7.11 Å². The molecule has 26 heavy (non-hydrogen) atoms. The summed E-state index contributed by atoms with van der Waals surface area (Å²) in [5.41, 5.74) is 2.28. The molecule has 0 radical (unpaired) electrons. The van der Waals surface area contributed by atoms with Gasteiger partial charge < -0.3 is 20.7 Å². The highest BCUT2D eigenvalue weighted by molar-refractivity contribution is 14.0. The van der Waals surface area contributed by atoms with Gasteiger partial charge in [0.1, 0.15) is 0 Å². The molecule has 0 aliphatic heterocycles. The first-order valence-corrected chi connectivity index (χ1v) is 9.42. The van der Waals surface area contributed by atoms with Gasteiger partial charge in [0, 0.05) is 35.6 Å². The molecule has 1 aromatic heterocycles. The van der Waals surface area contributed by atoms with Crippen LogP contribution < -0.4 is 16.0 Å². The molecule has 0 aliphatic carbocycles. The predicted molar refractivity (Wildman–Crippen MR) is 123 cm³/mol. The van der Waals surface area contributed by atoms with Crippen molar-refractivity contribution in [3.05, 3.63) is 51.7 Å². The zero-order valence-electron chi connectivity index (χ0n) is 15.7. The van der Waals surface area contributed by atoms with Gasteiger partial charge in [-0.05, 0) is 43.7 Å². The molecule has 0 amide bonds. The van der Waals surface area contributed by atoms with E-state index in [9.17, 15) is 0 Å². The van der Waals surface area contributed by atoms with Crippen LogP contribution in [0.4, 0.5) is 5.69 Å². The lowest BCUT2D eigenvalue weighted by Crippen LogP contribution is -2.36. The van der Waals surface area contributed by atoms with Crippen LogP contribution >= 0.6 is 35.3 Å². The minimum Gasteiger partial charge on any atom is -0.383 e. The van der Waals surface area contributed by atoms with Crippen molar-refractivity contribution in [2.75, 3.05) is 32.1 Å². The van der Waals surface area contributed by atoms with Gasteiger partial charge in [-0.15, -0.1) is 35.3 Å². The Kier molecular flexibility index (Phi) is 11.3. The highest BCUT2D eigenvalue weighted by Crippen LogP contribution is 2.14. The molecular weight excluding hydrogens is 459 g/mol. The molecule has 0 atom stereocenters. The summed E-state index contributed by atoms with van der Waals surface area (Å²) in [4.78, 5) is 7.32. The molecule has 0 bridgehead atoms. The van der Waals surface area contributed by atoms with E-state index in [2.05, 4.69) is 71.2 Å². The number of nitrogens with one attached hydrogen (secondary N) is 3. The standard InChI is InChI=1S/C19H28N4OS.HI/c1-4-20-19(23-14-18-10-5-15(2)25-18)22-13-16-6-8-17(9-7-16)21-11-12-24-3;/h5-10,21H,4,11-14H2,1-3H3,(H2,20,22,23);1H. The second-order valence-corrected chi connectivity index (χ2v) is 7.05. The molecule has 0 aliphatic rings. The van der Waals surface area contributed by atoms with Crippen molar-refractivity contribution < 1.29 is 4.74 Å². The van der Waals surface area contributed by atoms with Crippen LogP contribution in [-0.2, 0) is 17.8 Å². The first-order valence-electron chi connectivity index (χ1n) is 8.60. The summed E-state index contributed by atoms with van der Waals surface area (Å²) in [6.45, 7) is 8.01. The van der Waals surface area contributed by atoms with Crippen LogP contribution in [0, 0.1) is 6.92 Å². The van der Waals surface area contributed by atoms with E-state index in [1.807, 2.05) is 11.3 Å². The summed E-state index contributed by atoms with van der Waals surface area (Å²) < 4.78 is 5.04. The highest BCUT2D eigenvalue weighted by Gasteiger charge is 2.01. The molecule has 3 N–H and O–H groups in total. The number of ether oxygens (including phenoxy) is 1. The van der Waals surface area contributed by atoms with E-state index in [4.69, 9.17) is 4.74 Å². The van der Waals surface area contributed by atoms with Crippen LogP contribution in [0.1, 0.15) is 22.2 Å². The third kappa shape index (κ3) is 8.37. The Hall–Kier alpha value is -1.32. The van der Waals surface area contributed by atoms with Crippen LogP contribution in [-0.4, -0.2) is 32.8 Å². The maximum absolute atomic E-state index is 5.04. The number of benzene rings is 1. The Morgan fingerprint density at radius 2 is 1.88 bits per heavy atom. The fourth-order valence-electron chi connectivity index (χ4n) is 2.29. The van der Waals surface area contributed by atoms with Crippen molar-refractivity contribution in [3.63, 3.8) is 0 Å². The number of methoxy groups -OCH3 is 1. The van der Waals surface area contributed by atoms with Crippen LogP contribution in [0.25, 0.3) is 0 Å². The van der Waals surface area contributed by atoms with Crippen molar-refractivity contribution in [2.45, 2.75) is 26.9 Å². The number of halogens is 1. The number of nitrogens with zero attached hydrogens (tertiary/aromatic N) is 1. The zero-order valence-corrected chi connectivity index (χ0v) is 18.8. The van der Waals surface area contributed by atoms with E-state index in [1.165, 1.54) is 15.3 Å². The average molecular weight is 488 g/mol. The van der Waals surface area contributed by atoms with E-state index < -0.39 is 0 Å². The number of hydrogen-bond donors (Lipinski definition) is 3. The lowest BCUT2D eigenvalue weighted by molar-refractivity contribution is 0.211. The lowest BCUT2D eigenvalue weighted by atomic mass is 10.2. The molecule has 0 saturated heterocycles. The molecule has 0 fully saturated rings. The SMILES string of the molecule is CCNC(=NCc1ccc(NCCOC)cc1)NCc1ccc(C)s1.I. The number of rotatable bonds is 9. The van der Waals surface area contributed by atoms with Gasteiger partial charge in [0.05, 0.1) is 19.7 Å². The molecule has 7 heteroatoms. The van der Waals surface area contributed by atoms with Crippen molar-refractivity contribution in [1.29, 1.82) is 0 Å². The maximum atomic E-state index is 5.04.